The van der Waals surface area contributed by atoms with Crippen LogP contribution in [-0.4, -0.2) is 57.4 Å². The first-order valence-electron chi connectivity index (χ1n) is 12.7. The Morgan fingerprint density at radius 3 is 2.48 bits per heavy atom. The number of ether oxygens (including phenoxy) is 1. The Labute approximate surface area is 198 Å². The molecule has 5 nitrogen and oxygen atoms in total. The van der Waals surface area contributed by atoms with E-state index in [1.54, 1.807) is 10.5 Å². The van der Waals surface area contributed by atoms with Crippen LogP contribution in [0.4, 0.5) is 16.2 Å². The minimum Gasteiger partial charge on any atom is -0.449 e. The van der Waals surface area contributed by atoms with Gasteiger partial charge in [0.05, 0.1) is 6.61 Å². The van der Waals surface area contributed by atoms with Crippen molar-refractivity contribution in [3.05, 3.63) is 60.2 Å². The molecule has 5 rings (SSSR count). The molecule has 0 radical (unpaired) electrons. The zero-order valence-corrected chi connectivity index (χ0v) is 19.9. The topological polar surface area (TPSA) is 36.0 Å². The average Bonchev–Trinajstić information content (AvgIpc) is 3.63. The van der Waals surface area contributed by atoms with E-state index in [9.17, 15) is 4.79 Å². The summed E-state index contributed by atoms with van der Waals surface area (Å²) in [6.45, 7) is 5.86. The van der Waals surface area contributed by atoms with E-state index in [0.29, 0.717) is 6.61 Å². The molecule has 0 unspecified atom stereocenters. The van der Waals surface area contributed by atoms with E-state index < -0.39 is 0 Å². The molecule has 1 amide bonds. The van der Waals surface area contributed by atoms with E-state index in [0.717, 1.165) is 49.5 Å². The zero-order valence-electron chi connectivity index (χ0n) is 19.9. The summed E-state index contributed by atoms with van der Waals surface area (Å²) in [4.78, 5) is 18.6. The van der Waals surface area contributed by atoms with Crippen LogP contribution in [0.25, 0.3) is 0 Å². The fourth-order valence-corrected chi connectivity index (χ4v) is 5.58. The summed E-state index contributed by atoms with van der Waals surface area (Å²) in [6, 6.07) is 19.4. The van der Waals surface area contributed by atoms with Gasteiger partial charge in [0, 0.05) is 38.1 Å². The third kappa shape index (κ3) is 5.52. The van der Waals surface area contributed by atoms with Gasteiger partial charge >= 0.3 is 6.09 Å². The first kappa shape index (κ1) is 22.3. The third-order valence-corrected chi connectivity index (χ3v) is 7.82. The molecule has 2 aromatic carbocycles. The molecular weight excluding hydrogens is 410 g/mol. The summed E-state index contributed by atoms with van der Waals surface area (Å²) in [5.41, 5.74) is 3.66. The number of benzene rings is 2. The first-order valence-corrected chi connectivity index (χ1v) is 12.7. The van der Waals surface area contributed by atoms with Crippen molar-refractivity contribution in [1.29, 1.82) is 0 Å². The highest BCUT2D eigenvalue weighted by molar-refractivity contribution is 5.88. The molecule has 2 atom stereocenters. The van der Waals surface area contributed by atoms with Crippen LogP contribution in [0.15, 0.2) is 54.6 Å². The predicted octanol–water partition coefficient (Wildman–Crippen LogP) is 5.38. The number of amides is 1. The van der Waals surface area contributed by atoms with Gasteiger partial charge in [-0.15, -0.1) is 0 Å². The van der Waals surface area contributed by atoms with Gasteiger partial charge in [-0.05, 0) is 92.8 Å². The fourth-order valence-electron chi connectivity index (χ4n) is 5.58. The van der Waals surface area contributed by atoms with Crippen molar-refractivity contribution in [3.8, 4) is 0 Å². The Kier molecular flexibility index (Phi) is 6.86. The van der Waals surface area contributed by atoms with Crippen molar-refractivity contribution < 1.29 is 9.53 Å². The minimum absolute atomic E-state index is 0.233. The maximum atomic E-state index is 11.9. The molecule has 0 N–H and O–H groups in total. The second kappa shape index (κ2) is 10.2. The molecule has 2 heterocycles. The number of cyclic esters (lactones) is 1. The highest BCUT2D eigenvalue weighted by atomic mass is 16.6. The molecule has 176 valence electrons. The summed E-state index contributed by atoms with van der Waals surface area (Å²) >= 11 is 0. The van der Waals surface area contributed by atoms with Crippen LogP contribution in [0.3, 0.4) is 0 Å². The van der Waals surface area contributed by atoms with E-state index in [4.69, 9.17) is 4.74 Å². The van der Waals surface area contributed by atoms with Gasteiger partial charge in [0.2, 0.25) is 0 Å². The predicted molar refractivity (Wildman–Crippen MR) is 134 cm³/mol. The van der Waals surface area contributed by atoms with Gasteiger partial charge in [-0.2, -0.15) is 0 Å². The Hall–Kier alpha value is -2.53. The molecule has 2 aliphatic heterocycles. The van der Waals surface area contributed by atoms with Crippen LogP contribution in [0.2, 0.25) is 0 Å². The quantitative estimate of drug-likeness (QED) is 0.545. The standard InChI is InChI=1S/C28H37N3O2/c1-29(25-8-10-26(11-9-25)31-14-5-19-33-28(31)32)17-18-30-15-12-22(13-16-30)20-24-21-27(24)23-6-3-2-4-7-23/h2-4,6-11,22,24,27H,5,12-21H2,1H3/t24-,27+/m1/s1. The number of hydrogen-bond acceptors (Lipinski definition) is 4. The summed E-state index contributed by atoms with van der Waals surface area (Å²) in [7, 11) is 2.16. The van der Waals surface area contributed by atoms with E-state index in [1.165, 1.54) is 44.5 Å². The van der Waals surface area contributed by atoms with Gasteiger partial charge in [0.15, 0.2) is 0 Å². The van der Waals surface area contributed by atoms with Crippen LogP contribution in [0.1, 0.15) is 43.6 Å². The Bertz CT molecular complexity index is 908. The second-order valence-electron chi connectivity index (χ2n) is 10.1. The fraction of sp³-hybridized carbons (Fsp3) is 0.536. The molecule has 5 heteroatoms. The summed E-state index contributed by atoms with van der Waals surface area (Å²) < 4.78 is 5.16. The number of likely N-dealkylation sites (tertiary alicyclic amines) is 1. The molecule has 2 saturated heterocycles. The molecule has 3 fully saturated rings. The normalized spacial score (nSPS) is 23.9. The van der Waals surface area contributed by atoms with Crippen molar-refractivity contribution in [1.82, 2.24) is 4.90 Å². The van der Waals surface area contributed by atoms with Crippen molar-refractivity contribution in [2.24, 2.45) is 11.8 Å². The number of likely N-dealkylation sites (N-methyl/N-ethyl adjacent to an activating group) is 1. The van der Waals surface area contributed by atoms with Gasteiger partial charge in [-0.1, -0.05) is 30.3 Å². The van der Waals surface area contributed by atoms with Gasteiger partial charge in [0.1, 0.15) is 0 Å². The van der Waals surface area contributed by atoms with Crippen molar-refractivity contribution >= 4 is 17.5 Å². The Morgan fingerprint density at radius 1 is 1.00 bits per heavy atom. The van der Waals surface area contributed by atoms with Crippen LogP contribution in [0, 0.1) is 11.8 Å². The van der Waals surface area contributed by atoms with Gasteiger partial charge < -0.3 is 14.5 Å². The molecule has 1 aliphatic carbocycles. The van der Waals surface area contributed by atoms with Crippen LogP contribution in [-0.2, 0) is 4.74 Å². The lowest BCUT2D eigenvalue weighted by molar-refractivity contribution is 0.140. The molecule has 0 aromatic heterocycles. The molecule has 1 saturated carbocycles. The van der Waals surface area contributed by atoms with E-state index >= 15 is 0 Å². The number of piperidine rings is 1. The first-order chi connectivity index (χ1) is 16.2. The average molecular weight is 448 g/mol. The monoisotopic (exact) mass is 447 g/mol. The van der Waals surface area contributed by atoms with E-state index in [2.05, 4.69) is 59.3 Å². The maximum Gasteiger partial charge on any atom is 0.414 e. The van der Waals surface area contributed by atoms with Gasteiger partial charge in [-0.3, -0.25) is 4.90 Å². The number of hydrogen-bond donors (Lipinski definition) is 0. The van der Waals surface area contributed by atoms with E-state index in [-0.39, 0.29) is 6.09 Å². The van der Waals surface area contributed by atoms with Gasteiger partial charge in [-0.25, -0.2) is 4.79 Å². The van der Waals surface area contributed by atoms with Crippen LogP contribution >= 0.6 is 0 Å². The maximum absolute atomic E-state index is 11.9. The van der Waals surface area contributed by atoms with E-state index in [1.807, 2.05) is 12.1 Å². The Balaban J connectivity index is 1.03. The molecule has 0 spiro atoms. The number of carbonyl (C=O) groups excluding carboxylic acids is 1. The highest BCUT2D eigenvalue weighted by Crippen LogP contribution is 2.51. The summed E-state index contributed by atoms with van der Waals surface area (Å²) in [5, 5.41) is 0. The molecule has 0 bridgehead atoms. The van der Waals surface area contributed by atoms with Gasteiger partial charge in [0.25, 0.3) is 0 Å². The van der Waals surface area contributed by atoms with Crippen molar-refractivity contribution in [3.63, 3.8) is 0 Å². The highest BCUT2D eigenvalue weighted by Gasteiger charge is 2.39. The summed E-state index contributed by atoms with van der Waals surface area (Å²) in [5.74, 6) is 2.65. The third-order valence-electron chi connectivity index (χ3n) is 7.82. The van der Waals surface area contributed by atoms with Crippen molar-refractivity contribution in [2.75, 3.05) is 56.2 Å². The lowest BCUT2D eigenvalue weighted by Gasteiger charge is -2.33. The second-order valence-corrected chi connectivity index (χ2v) is 10.1. The van der Waals surface area contributed by atoms with Crippen molar-refractivity contribution in [2.45, 2.75) is 38.0 Å². The number of rotatable bonds is 8. The lowest BCUT2D eigenvalue weighted by atomic mass is 9.90. The zero-order chi connectivity index (χ0) is 22.6. The number of carbonyl (C=O) groups is 1. The lowest BCUT2D eigenvalue weighted by Crippen LogP contribution is -2.39. The minimum atomic E-state index is -0.233. The molecule has 3 aliphatic rings. The molecule has 2 aromatic rings. The smallest absolute Gasteiger partial charge is 0.414 e. The number of nitrogens with zero attached hydrogens (tertiary/aromatic N) is 3. The molecule has 33 heavy (non-hydrogen) atoms. The largest absolute Gasteiger partial charge is 0.449 e. The van der Waals surface area contributed by atoms with Crippen LogP contribution in [0.5, 0.6) is 0 Å². The SMILES string of the molecule is CN(CCN1CCC(C[C@@H]2C[C@H]2c2ccccc2)CC1)c1ccc(N2CCCOC2=O)cc1. The molecular formula is C28H37N3O2. The summed E-state index contributed by atoms with van der Waals surface area (Å²) in [6.07, 6.45) is 6.17. The Morgan fingerprint density at radius 2 is 1.76 bits per heavy atom. The van der Waals surface area contributed by atoms with Crippen LogP contribution < -0.4 is 9.80 Å². The number of anilines is 2.